The Morgan fingerprint density at radius 2 is 2.13 bits per heavy atom. The monoisotopic (exact) mass is 238 g/mol. The van der Waals surface area contributed by atoms with Crippen LogP contribution in [0.2, 0.25) is 0 Å². The number of hydrogen-bond donors (Lipinski definition) is 2. The van der Waals surface area contributed by atoms with Crippen LogP contribution in [0.4, 0.5) is 0 Å². The minimum Gasteiger partial charge on any atom is -0.394 e. The summed E-state index contributed by atoms with van der Waals surface area (Å²) in [6, 6.07) is -0.274. The van der Waals surface area contributed by atoms with Gasteiger partial charge in [0.05, 0.1) is 12.6 Å². The molecule has 1 aliphatic rings. The zero-order valence-corrected chi connectivity index (χ0v) is 9.89. The molecule has 88 valence electrons. The van der Waals surface area contributed by atoms with Crippen molar-refractivity contribution < 1.29 is 28.6 Å². The minimum atomic E-state index is -3.61. The molecule has 6 nitrogen and oxygen atoms in total. The first-order valence-electron chi connectivity index (χ1n) is 4.67. The van der Waals surface area contributed by atoms with E-state index in [1.165, 1.54) is 7.11 Å². The predicted octanol–water partition coefficient (Wildman–Crippen LogP) is -1.45. The molecular weight excluding hydrogens is 222 g/mol. The summed E-state index contributed by atoms with van der Waals surface area (Å²) in [5.74, 6) is 0. The summed E-state index contributed by atoms with van der Waals surface area (Å²) in [6.45, 7) is 0.825. The van der Waals surface area contributed by atoms with E-state index in [0.717, 1.165) is 6.66 Å². The van der Waals surface area contributed by atoms with Gasteiger partial charge in [0.15, 0.2) is 0 Å². The second-order valence-electron chi connectivity index (χ2n) is 3.64. The zero-order valence-electron chi connectivity index (χ0n) is 8.99. The molecule has 1 heterocycles. The SMILES string of the molecule is B[C@@H]1O[C@H](CO)[C@H](OP(C)(=O)O)C1OC. The first-order chi connectivity index (χ1) is 6.89. The van der Waals surface area contributed by atoms with Crippen molar-refractivity contribution in [1.82, 2.24) is 0 Å². The third kappa shape index (κ3) is 3.27. The van der Waals surface area contributed by atoms with Gasteiger partial charge in [0.2, 0.25) is 0 Å². The summed E-state index contributed by atoms with van der Waals surface area (Å²) in [7, 11) is -0.381. The molecule has 2 unspecified atom stereocenters. The fourth-order valence-corrected chi connectivity index (χ4v) is 2.44. The summed E-state index contributed by atoms with van der Waals surface area (Å²) in [5.41, 5.74) is 0. The molecule has 15 heavy (non-hydrogen) atoms. The standard InChI is InChI=1S/C7H16BO6P/c1-12-6-5(14-15(2,10)11)4(3-9)13-7(6)8/h4-7,9H,3,8H2,1-2H3,(H,10,11)/t4-,5+,6?,7-/m1/s1. The van der Waals surface area contributed by atoms with Gasteiger partial charge in [-0.3, -0.25) is 9.09 Å². The van der Waals surface area contributed by atoms with Crippen LogP contribution in [0.3, 0.4) is 0 Å². The summed E-state index contributed by atoms with van der Waals surface area (Å²) < 4.78 is 26.6. The third-order valence-electron chi connectivity index (χ3n) is 2.31. The first kappa shape index (κ1) is 13.2. The average molecular weight is 238 g/mol. The molecule has 0 aromatic carbocycles. The third-order valence-corrected chi connectivity index (χ3v) is 2.95. The topological polar surface area (TPSA) is 85.2 Å². The number of ether oxygens (including phenoxy) is 2. The van der Waals surface area contributed by atoms with Crippen molar-refractivity contribution in [3.63, 3.8) is 0 Å². The van der Waals surface area contributed by atoms with Gasteiger partial charge in [-0.05, 0) is 0 Å². The molecule has 0 aromatic rings. The molecule has 0 aliphatic carbocycles. The van der Waals surface area contributed by atoms with E-state index in [9.17, 15) is 4.57 Å². The summed E-state index contributed by atoms with van der Waals surface area (Å²) >= 11 is 0. The van der Waals surface area contributed by atoms with Crippen LogP contribution in [0.25, 0.3) is 0 Å². The molecule has 1 fully saturated rings. The molecule has 1 rings (SSSR count). The molecule has 1 aliphatic heterocycles. The van der Waals surface area contributed by atoms with Crippen LogP contribution in [0.15, 0.2) is 0 Å². The van der Waals surface area contributed by atoms with Gasteiger partial charge in [-0.1, -0.05) is 0 Å². The Hall–Kier alpha value is 0.0949. The second kappa shape index (κ2) is 4.95. The van der Waals surface area contributed by atoms with Crippen molar-refractivity contribution >= 4 is 15.4 Å². The highest BCUT2D eigenvalue weighted by Crippen LogP contribution is 2.42. The lowest BCUT2D eigenvalue weighted by atomic mass is 9.93. The quantitative estimate of drug-likeness (QED) is 0.460. The maximum absolute atomic E-state index is 11.1. The Bertz CT molecular complexity index is 256. The molecule has 2 N–H and O–H groups in total. The van der Waals surface area contributed by atoms with E-state index in [0.29, 0.717) is 0 Å². The molecule has 0 spiro atoms. The molecule has 0 amide bonds. The van der Waals surface area contributed by atoms with Crippen LogP contribution in [-0.2, 0) is 18.6 Å². The highest BCUT2D eigenvalue weighted by molar-refractivity contribution is 7.51. The number of hydrogen-bond acceptors (Lipinski definition) is 5. The smallest absolute Gasteiger partial charge is 0.325 e. The predicted molar refractivity (Wildman–Crippen MR) is 55.7 cm³/mol. The number of aliphatic hydroxyl groups excluding tert-OH is 1. The normalized spacial score (nSPS) is 40.3. The van der Waals surface area contributed by atoms with Crippen molar-refractivity contribution in [2.24, 2.45) is 0 Å². The van der Waals surface area contributed by atoms with Crippen LogP contribution >= 0.6 is 7.60 Å². The largest absolute Gasteiger partial charge is 0.394 e. The van der Waals surface area contributed by atoms with Crippen molar-refractivity contribution in [3.8, 4) is 0 Å². The van der Waals surface area contributed by atoms with E-state index in [4.69, 9.17) is 24.0 Å². The maximum atomic E-state index is 11.1. The van der Waals surface area contributed by atoms with Crippen LogP contribution < -0.4 is 0 Å². The van der Waals surface area contributed by atoms with E-state index >= 15 is 0 Å². The first-order valence-corrected chi connectivity index (χ1v) is 6.69. The fraction of sp³-hybridized carbons (Fsp3) is 1.00. The Balaban J connectivity index is 2.76. The van der Waals surface area contributed by atoms with Gasteiger partial charge < -0.3 is 19.5 Å². The second-order valence-corrected chi connectivity index (χ2v) is 5.45. The zero-order chi connectivity index (χ0) is 11.6. The van der Waals surface area contributed by atoms with Crippen LogP contribution in [-0.4, -0.2) is 62.5 Å². The molecule has 1 saturated heterocycles. The lowest BCUT2D eigenvalue weighted by molar-refractivity contribution is -0.00491. The van der Waals surface area contributed by atoms with Crippen molar-refractivity contribution in [2.75, 3.05) is 20.4 Å². The fourth-order valence-electron chi connectivity index (χ4n) is 1.74. The van der Waals surface area contributed by atoms with Crippen molar-refractivity contribution in [1.29, 1.82) is 0 Å². The molecule has 8 heteroatoms. The average Bonchev–Trinajstić information content (AvgIpc) is 2.39. The lowest BCUT2D eigenvalue weighted by Gasteiger charge is -2.23. The summed E-state index contributed by atoms with van der Waals surface area (Å²) in [5, 5.41) is 9.03. The van der Waals surface area contributed by atoms with Crippen LogP contribution in [0, 0.1) is 0 Å². The maximum Gasteiger partial charge on any atom is 0.325 e. The highest BCUT2D eigenvalue weighted by Gasteiger charge is 2.45. The van der Waals surface area contributed by atoms with E-state index in [1.54, 1.807) is 7.85 Å². The van der Waals surface area contributed by atoms with E-state index in [1.807, 2.05) is 0 Å². The summed E-state index contributed by atoms with van der Waals surface area (Å²) in [6.07, 6.45) is -1.77. The minimum absolute atomic E-state index is 0.269. The Labute approximate surface area is 89.5 Å². The van der Waals surface area contributed by atoms with Gasteiger partial charge in [0.1, 0.15) is 26.2 Å². The Morgan fingerprint density at radius 1 is 1.53 bits per heavy atom. The van der Waals surface area contributed by atoms with Crippen LogP contribution in [0.5, 0.6) is 0 Å². The molecule has 5 atom stereocenters. The van der Waals surface area contributed by atoms with E-state index in [2.05, 4.69) is 0 Å². The highest BCUT2D eigenvalue weighted by atomic mass is 31.2. The van der Waals surface area contributed by atoms with Crippen LogP contribution in [0.1, 0.15) is 0 Å². The van der Waals surface area contributed by atoms with Gasteiger partial charge in [-0.2, -0.15) is 0 Å². The molecule has 0 radical (unpaired) electrons. The number of rotatable bonds is 4. The summed E-state index contributed by atoms with van der Waals surface area (Å²) in [4.78, 5) is 9.13. The van der Waals surface area contributed by atoms with Crippen molar-refractivity contribution in [3.05, 3.63) is 0 Å². The Kier molecular flexibility index (Phi) is 4.34. The molecular formula is C7H16BO6P. The van der Waals surface area contributed by atoms with Gasteiger partial charge in [-0.25, -0.2) is 0 Å². The Morgan fingerprint density at radius 3 is 2.53 bits per heavy atom. The lowest BCUT2D eigenvalue weighted by Crippen LogP contribution is -2.37. The molecule has 0 bridgehead atoms. The van der Waals surface area contributed by atoms with Gasteiger partial charge in [0.25, 0.3) is 0 Å². The van der Waals surface area contributed by atoms with Gasteiger partial charge in [0, 0.05) is 13.8 Å². The molecule has 0 aromatic heterocycles. The van der Waals surface area contributed by atoms with E-state index in [-0.39, 0.29) is 12.6 Å². The van der Waals surface area contributed by atoms with Crippen molar-refractivity contribution in [2.45, 2.75) is 24.3 Å². The van der Waals surface area contributed by atoms with Gasteiger partial charge >= 0.3 is 7.60 Å². The molecule has 0 saturated carbocycles. The number of methoxy groups -OCH3 is 1. The van der Waals surface area contributed by atoms with Gasteiger partial charge in [-0.15, -0.1) is 0 Å². The number of aliphatic hydroxyl groups is 1. The van der Waals surface area contributed by atoms with E-state index < -0.39 is 25.9 Å².